The summed E-state index contributed by atoms with van der Waals surface area (Å²) in [6.07, 6.45) is 3.26. The first-order valence-corrected chi connectivity index (χ1v) is 14.7. The van der Waals surface area contributed by atoms with E-state index in [0.717, 1.165) is 0 Å². The summed E-state index contributed by atoms with van der Waals surface area (Å²) in [5.41, 5.74) is -0.405. The molecule has 0 radical (unpaired) electrons. The zero-order valence-electron chi connectivity index (χ0n) is 25.4. The molecule has 0 saturated heterocycles. The number of esters is 2. The first-order chi connectivity index (χ1) is 20.1. The van der Waals surface area contributed by atoms with E-state index in [1.807, 2.05) is 42.5 Å². The summed E-state index contributed by atoms with van der Waals surface area (Å²) < 4.78 is 11.6. The molecule has 0 fully saturated rings. The van der Waals surface area contributed by atoms with Gasteiger partial charge in [-0.05, 0) is 94.7 Å². The summed E-state index contributed by atoms with van der Waals surface area (Å²) in [7, 11) is 0. The summed E-state index contributed by atoms with van der Waals surface area (Å²) in [6.45, 7) is 10.7. The Balaban J connectivity index is 2.23. The van der Waals surface area contributed by atoms with Crippen LogP contribution in [0, 0.1) is 11.3 Å². The van der Waals surface area contributed by atoms with Gasteiger partial charge in [0.25, 0.3) is 0 Å². The molecule has 3 aromatic carbocycles. The van der Waals surface area contributed by atoms with Gasteiger partial charge in [-0.2, -0.15) is 5.26 Å². The zero-order chi connectivity index (χ0) is 31.8. The fraction of sp³-hybridized carbons (Fsp3) is 0.306. The highest BCUT2D eigenvalue weighted by Crippen LogP contribution is 2.39. The van der Waals surface area contributed by atoms with Crippen LogP contribution < -0.4 is 0 Å². The standard InChI is InChI=1S/C36H37Cl2NO4/c1-34(2,3)42-32(40)27(18-25-12-10-16-30(37)20-25)22-36(24-39,29-14-8-7-9-15-29)23-28(33(41)43-35(4,5)6)19-26-13-11-17-31(38)21-26/h7-21H,22-23H2,1-6H3/b27-18+,28-19+. The number of rotatable bonds is 9. The molecular formula is C36H37Cl2NO4. The van der Waals surface area contributed by atoms with E-state index in [9.17, 15) is 14.9 Å². The Bertz CT molecular complexity index is 1460. The largest absolute Gasteiger partial charge is 0.457 e. The van der Waals surface area contributed by atoms with E-state index in [0.29, 0.717) is 26.7 Å². The summed E-state index contributed by atoms with van der Waals surface area (Å²) >= 11 is 12.5. The van der Waals surface area contributed by atoms with Crippen LogP contribution in [0.25, 0.3) is 12.2 Å². The van der Waals surface area contributed by atoms with Crippen molar-refractivity contribution >= 4 is 47.3 Å². The van der Waals surface area contributed by atoms with Gasteiger partial charge < -0.3 is 9.47 Å². The topological polar surface area (TPSA) is 76.4 Å². The molecule has 3 rings (SSSR count). The van der Waals surface area contributed by atoms with Crippen molar-refractivity contribution in [1.29, 1.82) is 5.26 Å². The third-order valence-corrected chi connectivity index (χ3v) is 6.70. The average molecular weight is 619 g/mol. The van der Waals surface area contributed by atoms with E-state index in [-0.39, 0.29) is 24.0 Å². The maximum Gasteiger partial charge on any atom is 0.334 e. The molecule has 0 aliphatic heterocycles. The van der Waals surface area contributed by atoms with Gasteiger partial charge in [-0.25, -0.2) is 9.59 Å². The minimum absolute atomic E-state index is 0.0510. The maximum absolute atomic E-state index is 13.7. The number of nitrogens with zero attached hydrogens (tertiary/aromatic N) is 1. The van der Waals surface area contributed by atoms with Crippen LogP contribution in [0.2, 0.25) is 10.0 Å². The van der Waals surface area contributed by atoms with Crippen molar-refractivity contribution < 1.29 is 19.1 Å². The molecule has 0 spiro atoms. The van der Waals surface area contributed by atoms with Gasteiger partial charge in [-0.15, -0.1) is 0 Å². The Morgan fingerprint density at radius 1 is 0.698 bits per heavy atom. The van der Waals surface area contributed by atoms with Crippen LogP contribution in [0.5, 0.6) is 0 Å². The third-order valence-electron chi connectivity index (χ3n) is 6.23. The zero-order valence-corrected chi connectivity index (χ0v) is 26.9. The van der Waals surface area contributed by atoms with E-state index in [1.54, 1.807) is 90.1 Å². The predicted octanol–water partition coefficient (Wildman–Crippen LogP) is 9.39. The number of carbonyl (C=O) groups excluding carboxylic acids is 2. The van der Waals surface area contributed by atoms with E-state index < -0.39 is 28.6 Å². The van der Waals surface area contributed by atoms with Gasteiger partial charge in [0.05, 0.1) is 11.5 Å². The number of nitriles is 1. The van der Waals surface area contributed by atoms with Gasteiger partial charge in [0.15, 0.2) is 0 Å². The lowest BCUT2D eigenvalue weighted by atomic mass is 9.71. The van der Waals surface area contributed by atoms with Gasteiger partial charge in [-0.3, -0.25) is 0 Å². The van der Waals surface area contributed by atoms with E-state index in [1.165, 1.54) is 0 Å². The van der Waals surface area contributed by atoms with Gasteiger partial charge >= 0.3 is 11.9 Å². The average Bonchev–Trinajstić information content (AvgIpc) is 2.90. The number of carbonyl (C=O) groups is 2. The first kappa shape index (κ1) is 33.6. The van der Waals surface area contributed by atoms with Crippen molar-refractivity contribution in [2.75, 3.05) is 0 Å². The van der Waals surface area contributed by atoms with Crippen molar-refractivity contribution in [2.45, 2.75) is 71.0 Å². The molecule has 0 aliphatic carbocycles. The minimum atomic E-state index is -1.36. The Labute approximate surface area is 264 Å². The van der Waals surface area contributed by atoms with Crippen molar-refractivity contribution in [3.63, 3.8) is 0 Å². The molecule has 224 valence electrons. The second-order valence-electron chi connectivity index (χ2n) is 12.4. The molecule has 0 amide bonds. The molecule has 3 aromatic rings. The lowest BCUT2D eigenvalue weighted by Crippen LogP contribution is -2.32. The second-order valence-corrected chi connectivity index (χ2v) is 13.2. The highest BCUT2D eigenvalue weighted by atomic mass is 35.5. The highest BCUT2D eigenvalue weighted by molar-refractivity contribution is 6.31. The molecule has 0 aliphatic rings. The molecule has 0 heterocycles. The van der Waals surface area contributed by atoms with Gasteiger partial charge in [-0.1, -0.05) is 77.8 Å². The fourth-order valence-electron chi connectivity index (χ4n) is 4.46. The monoisotopic (exact) mass is 617 g/mol. The van der Waals surface area contributed by atoms with Gasteiger partial charge in [0.1, 0.15) is 11.2 Å². The van der Waals surface area contributed by atoms with Crippen molar-refractivity contribution in [1.82, 2.24) is 0 Å². The van der Waals surface area contributed by atoms with Gasteiger partial charge in [0, 0.05) is 34.0 Å². The summed E-state index contributed by atoms with van der Waals surface area (Å²) in [5.74, 6) is -1.14. The maximum atomic E-state index is 13.7. The quantitative estimate of drug-likeness (QED) is 0.176. The number of ether oxygens (including phenoxy) is 2. The Kier molecular flexibility index (Phi) is 11.0. The molecule has 0 unspecified atom stereocenters. The Hall–Kier alpha value is -3.85. The van der Waals surface area contributed by atoms with E-state index >= 15 is 0 Å². The minimum Gasteiger partial charge on any atom is -0.457 e. The first-order valence-electron chi connectivity index (χ1n) is 13.9. The molecule has 7 heteroatoms. The van der Waals surface area contributed by atoms with Crippen LogP contribution >= 0.6 is 23.2 Å². The Morgan fingerprint density at radius 2 is 1.12 bits per heavy atom. The van der Waals surface area contributed by atoms with Crippen molar-refractivity contribution in [3.8, 4) is 6.07 Å². The molecule has 0 N–H and O–H groups in total. The van der Waals surface area contributed by atoms with Crippen LogP contribution in [-0.4, -0.2) is 23.1 Å². The molecule has 0 bridgehead atoms. The summed E-state index contributed by atoms with van der Waals surface area (Å²) in [6, 6.07) is 25.7. The van der Waals surface area contributed by atoms with Crippen molar-refractivity contribution in [3.05, 3.63) is 117 Å². The number of hydrogen-bond acceptors (Lipinski definition) is 5. The Morgan fingerprint density at radius 3 is 1.47 bits per heavy atom. The van der Waals surface area contributed by atoms with Gasteiger partial charge in [0.2, 0.25) is 0 Å². The molecular weight excluding hydrogens is 581 g/mol. The molecule has 0 aromatic heterocycles. The SMILES string of the molecule is CC(C)(C)OC(=O)/C(=C/c1cccc(Cl)c1)CC(C#N)(C/C(=C\c1cccc(Cl)c1)C(=O)OC(C)(C)C)c1ccccc1. The van der Waals surface area contributed by atoms with Crippen LogP contribution in [0.1, 0.15) is 71.1 Å². The van der Waals surface area contributed by atoms with Crippen LogP contribution in [0.15, 0.2) is 90.0 Å². The number of hydrogen-bond donors (Lipinski definition) is 0. The molecule has 0 atom stereocenters. The van der Waals surface area contributed by atoms with E-state index in [4.69, 9.17) is 32.7 Å². The predicted molar refractivity (Wildman–Crippen MR) is 174 cm³/mol. The normalized spacial score (nSPS) is 13.9. The number of halogens is 2. The molecule has 0 saturated carbocycles. The smallest absolute Gasteiger partial charge is 0.334 e. The lowest BCUT2D eigenvalue weighted by molar-refractivity contribution is -0.150. The van der Waals surface area contributed by atoms with Crippen LogP contribution in [0.4, 0.5) is 0 Å². The second kappa shape index (κ2) is 14.1. The van der Waals surface area contributed by atoms with Crippen LogP contribution in [0.3, 0.4) is 0 Å². The molecule has 5 nitrogen and oxygen atoms in total. The third kappa shape index (κ3) is 10.4. The fourth-order valence-corrected chi connectivity index (χ4v) is 4.86. The molecule has 43 heavy (non-hydrogen) atoms. The number of benzene rings is 3. The summed E-state index contributed by atoms with van der Waals surface area (Å²) in [4.78, 5) is 27.3. The summed E-state index contributed by atoms with van der Waals surface area (Å²) in [5, 5.41) is 11.9. The van der Waals surface area contributed by atoms with Crippen molar-refractivity contribution in [2.24, 2.45) is 0 Å². The van der Waals surface area contributed by atoms with E-state index in [2.05, 4.69) is 6.07 Å². The van der Waals surface area contributed by atoms with Crippen LogP contribution in [-0.2, 0) is 24.5 Å². The highest BCUT2D eigenvalue weighted by Gasteiger charge is 2.39. The lowest BCUT2D eigenvalue weighted by Gasteiger charge is -2.31.